The molecular formula is C10H8ClFN4. The number of halogens is 2. The van der Waals surface area contributed by atoms with Gasteiger partial charge in [0.25, 0.3) is 0 Å². The highest BCUT2D eigenvalue weighted by molar-refractivity contribution is 6.30. The first-order valence-electron chi connectivity index (χ1n) is 4.46. The predicted molar refractivity (Wildman–Crippen MR) is 60.2 cm³/mol. The van der Waals surface area contributed by atoms with Gasteiger partial charge in [-0.05, 0) is 24.3 Å². The van der Waals surface area contributed by atoms with Gasteiger partial charge in [-0.25, -0.2) is 20.2 Å². The van der Waals surface area contributed by atoms with Gasteiger partial charge in [0.05, 0.1) is 5.69 Å². The van der Waals surface area contributed by atoms with Gasteiger partial charge in [-0.1, -0.05) is 11.6 Å². The normalized spacial score (nSPS) is 10.2. The monoisotopic (exact) mass is 238 g/mol. The van der Waals surface area contributed by atoms with E-state index in [1.807, 2.05) is 0 Å². The molecule has 1 aromatic carbocycles. The van der Waals surface area contributed by atoms with Crippen molar-refractivity contribution in [2.45, 2.75) is 0 Å². The lowest BCUT2D eigenvalue weighted by molar-refractivity contribution is 0.630. The fraction of sp³-hybridized carbons (Fsp3) is 0. The van der Waals surface area contributed by atoms with Crippen LogP contribution in [0.1, 0.15) is 0 Å². The average molecular weight is 239 g/mol. The highest BCUT2D eigenvalue weighted by Crippen LogP contribution is 2.24. The summed E-state index contributed by atoms with van der Waals surface area (Å²) >= 11 is 5.79. The molecule has 1 aromatic heterocycles. The van der Waals surface area contributed by atoms with Crippen LogP contribution in [0.25, 0.3) is 11.3 Å². The van der Waals surface area contributed by atoms with E-state index >= 15 is 0 Å². The Morgan fingerprint density at radius 3 is 2.88 bits per heavy atom. The minimum atomic E-state index is -0.397. The molecule has 6 heteroatoms. The van der Waals surface area contributed by atoms with Crippen LogP contribution in [-0.2, 0) is 0 Å². The molecule has 0 bridgehead atoms. The second-order valence-corrected chi connectivity index (χ2v) is 3.47. The van der Waals surface area contributed by atoms with Crippen LogP contribution in [0.2, 0.25) is 5.02 Å². The Bertz CT molecular complexity index is 518. The summed E-state index contributed by atoms with van der Waals surface area (Å²) in [5.41, 5.74) is 3.02. The van der Waals surface area contributed by atoms with E-state index in [1.54, 1.807) is 6.07 Å². The van der Waals surface area contributed by atoms with E-state index in [-0.39, 0.29) is 5.95 Å². The first-order valence-corrected chi connectivity index (χ1v) is 4.83. The lowest BCUT2D eigenvalue weighted by Gasteiger charge is -2.04. The number of hydrogen-bond acceptors (Lipinski definition) is 4. The van der Waals surface area contributed by atoms with Crippen molar-refractivity contribution in [2.75, 3.05) is 5.43 Å². The minimum Gasteiger partial charge on any atom is -0.292 e. The van der Waals surface area contributed by atoms with Crippen molar-refractivity contribution in [3.8, 4) is 11.3 Å². The third-order valence-corrected chi connectivity index (χ3v) is 2.22. The lowest BCUT2D eigenvalue weighted by Crippen LogP contribution is -2.10. The zero-order valence-corrected chi connectivity index (χ0v) is 8.87. The number of rotatable bonds is 2. The molecule has 0 saturated carbocycles. The van der Waals surface area contributed by atoms with E-state index in [4.69, 9.17) is 17.4 Å². The molecule has 0 amide bonds. The van der Waals surface area contributed by atoms with Gasteiger partial charge >= 0.3 is 0 Å². The molecule has 0 spiro atoms. The van der Waals surface area contributed by atoms with Crippen molar-refractivity contribution < 1.29 is 4.39 Å². The maximum atomic E-state index is 13.5. The summed E-state index contributed by atoms with van der Waals surface area (Å²) in [6.45, 7) is 0. The predicted octanol–water partition coefficient (Wildman–Crippen LogP) is 2.22. The molecule has 0 unspecified atom stereocenters. The Hall–Kier alpha value is -1.72. The van der Waals surface area contributed by atoms with Gasteiger partial charge in [-0.15, -0.1) is 0 Å². The van der Waals surface area contributed by atoms with Crippen molar-refractivity contribution in [3.05, 3.63) is 41.3 Å². The molecular weight excluding hydrogens is 231 g/mol. The number of nitrogen functional groups attached to an aromatic ring is 1. The summed E-state index contributed by atoms with van der Waals surface area (Å²) in [6, 6.07) is 5.84. The van der Waals surface area contributed by atoms with Gasteiger partial charge in [-0.2, -0.15) is 0 Å². The topological polar surface area (TPSA) is 63.8 Å². The molecule has 0 fully saturated rings. The number of nitrogens with one attached hydrogen (secondary N) is 1. The molecule has 16 heavy (non-hydrogen) atoms. The number of hydrogen-bond donors (Lipinski definition) is 2. The summed E-state index contributed by atoms with van der Waals surface area (Å²) in [5, 5.41) is 0.442. The van der Waals surface area contributed by atoms with Crippen molar-refractivity contribution in [3.63, 3.8) is 0 Å². The molecule has 2 aromatic rings. The molecule has 0 radical (unpaired) electrons. The van der Waals surface area contributed by atoms with E-state index < -0.39 is 5.82 Å². The summed E-state index contributed by atoms with van der Waals surface area (Å²) in [5.74, 6) is 4.99. The number of aromatic nitrogens is 2. The Kier molecular flexibility index (Phi) is 2.98. The van der Waals surface area contributed by atoms with Gasteiger partial charge in [0.2, 0.25) is 5.95 Å². The quantitative estimate of drug-likeness (QED) is 0.622. The maximum Gasteiger partial charge on any atom is 0.237 e. The van der Waals surface area contributed by atoms with E-state index in [1.165, 1.54) is 24.4 Å². The highest BCUT2D eigenvalue weighted by Gasteiger charge is 2.08. The van der Waals surface area contributed by atoms with Gasteiger partial charge in [0.1, 0.15) is 5.82 Å². The van der Waals surface area contributed by atoms with Crippen molar-refractivity contribution in [1.29, 1.82) is 0 Å². The number of nitrogens with zero attached hydrogens (tertiary/aromatic N) is 2. The van der Waals surface area contributed by atoms with Crippen LogP contribution in [-0.4, -0.2) is 9.97 Å². The summed E-state index contributed by atoms with van der Waals surface area (Å²) in [6.07, 6.45) is 1.48. The zero-order chi connectivity index (χ0) is 11.5. The standard InChI is InChI=1S/C10H8ClFN4/c11-6-1-2-8(12)7(5-6)9-3-4-14-10(15-9)16-13/h1-5H,13H2,(H,14,15,16). The summed E-state index contributed by atoms with van der Waals surface area (Å²) < 4.78 is 13.5. The van der Waals surface area contributed by atoms with Gasteiger partial charge in [-0.3, -0.25) is 5.43 Å². The number of anilines is 1. The summed E-state index contributed by atoms with van der Waals surface area (Å²) in [7, 11) is 0. The third-order valence-electron chi connectivity index (χ3n) is 1.99. The number of nitrogens with two attached hydrogens (primary N) is 1. The third kappa shape index (κ3) is 2.10. The maximum absolute atomic E-state index is 13.5. The van der Waals surface area contributed by atoms with Crippen molar-refractivity contribution in [1.82, 2.24) is 9.97 Å². The van der Waals surface area contributed by atoms with Crippen LogP contribution in [0.3, 0.4) is 0 Å². The molecule has 0 atom stereocenters. The second-order valence-electron chi connectivity index (χ2n) is 3.03. The number of hydrazine groups is 1. The Balaban J connectivity index is 2.53. The van der Waals surface area contributed by atoms with E-state index in [9.17, 15) is 4.39 Å². The van der Waals surface area contributed by atoms with Crippen LogP contribution in [0, 0.1) is 5.82 Å². The number of benzene rings is 1. The molecule has 0 aliphatic rings. The van der Waals surface area contributed by atoms with Gasteiger partial charge < -0.3 is 0 Å². The van der Waals surface area contributed by atoms with E-state index in [0.717, 1.165) is 0 Å². The first-order chi connectivity index (χ1) is 7.70. The molecule has 2 rings (SSSR count). The largest absolute Gasteiger partial charge is 0.292 e. The average Bonchev–Trinajstić information content (AvgIpc) is 2.32. The van der Waals surface area contributed by atoms with Crippen molar-refractivity contribution >= 4 is 17.5 Å². The van der Waals surface area contributed by atoms with Crippen LogP contribution < -0.4 is 11.3 Å². The molecule has 82 valence electrons. The summed E-state index contributed by atoms with van der Waals surface area (Å²) in [4.78, 5) is 7.85. The van der Waals surface area contributed by atoms with Gasteiger partial charge in [0.15, 0.2) is 0 Å². The van der Waals surface area contributed by atoms with E-state index in [2.05, 4.69) is 15.4 Å². The lowest BCUT2D eigenvalue weighted by atomic mass is 10.1. The smallest absolute Gasteiger partial charge is 0.237 e. The SMILES string of the molecule is NNc1nccc(-c2cc(Cl)ccc2F)n1. The van der Waals surface area contributed by atoms with Crippen molar-refractivity contribution in [2.24, 2.45) is 5.84 Å². The molecule has 4 nitrogen and oxygen atoms in total. The fourth-order valence-electron chi connectivity index (χ4n) is 1.27. The molecule has 1 heterocycles. The minimum absolute atomic E-state index is 0.219. The Morgan fingerprint density at radius 1 is 1.31 bits per heavy atom. The first kappa shape index (κ1) is 10.8. The van der Waals surface area contributed by atoms with Crippen LogP contribution >= 0.6 is 11.6 Å². The Labute approximate surface area is 96.3 Å². The molecule has 0 aliphatic heterocycles. The van der Waals surface area contributed by atoms with Crippen LogP contribution in [0.5, 0.6) is 0 Å². The van der Waals surface area contributed by atoms with Crippen LogP contribution in [0.15, 0.2) is 30.5 Å². The molecule has 0 aliphatic carbocycles. The van der Waals surface area contributed by atoms with Gasteiger partial charge in [0, 0.05) is 16.8 Å². The van der Waals surface area contributed by atoms with Crippen LogP contribution in [0.4, 0.5) is 10.3 Å². The second kappa shape index (κ2) is 4.42. The fourth-order valence-corrected chi connectivity index (χ4v) is 1.44. The molecule has 3 N–H and O–H groups in total. The Morgan fingerprint density at radius 2 is 2.12 bits per heavy atom. The molecule has 0 saturated heterocycles. The van der Waals surface area contributed by atoms with E-state index in [0.29, 0.717) is 16.3 Å². The zero-order valence-electron chi connectivity index (χ0n) is 8.11. The highest BCUT2D eigenvalue weighted by atomic mass is 35.5.